The summed E-state index contributed by atoms with van der Waals surface area (Å²) in [7, 11) is 0. The van der Waals surface area contributed by atoms with E-state index in [0.29, 0.717) is 5.92 Å². The zero-order valence-corrected chi connectivity index (χ0v) is 8.62. The molecule has 2 heteroatoms. The highest BCUT2D eigenvalue weighted by molar-refractivity contribution is 5.91. The Morgan fingerprint density at radius 3 is 2.57 bits per heavy atom. The highest BCUT2D eigenvalue weighted by atomic mass is 16.1. The van der Waals surface area contributed by atoms with Crippen LogP contribution in [0.1, 0.15) is 39.0 Å². The summed E-state index contributed by atoms with van der Waals surface area (Å²) in [6.07, 6.45) is 9.99. The van der Waals surface area contributed by atoms with E-state index < -0.39 is 0 Å². The summed E-state index contributed by atoms with van der Waals surface area (Å²) < 4.78 is 0. The summed E-state index contributed by atoms with van der Waals surface area (Å²) in [4.78, 5) is 11.2. The van der Waals surface area contributed by atoms with Gasteiger partial charge in [0.15, 0.2) is 0 Å². The summed E-state index contributed by atoms with van der Waals surface area (Å²) in [6.45, 7) is 1.97. The minimum absolute atomic E-state index is 0.0782. The molecule has 2 rings (SSSR count). The Kier molecular flexibility index (Phi) is 2.71. The van der Waals surface area contributed by atoms with Crippen LogP contribution in [0.15, 0.2) is 23.4 Å². The zero-order valence-electron chi connectivity index (χ0n) is 8.62. The van der Waals surface area contributed by atoms with Crippen molar-refractivity contribution in [3.63, 3.8) is 0 Å². The normalized spacial score (nSPS) is 23.9. The number of hydrogen-bond acceptors (Lipinski definition) is 1. The van der Waals surface area contributed by atoms with Gasteiger partial charge in [-0.2, -0.15) is 0 Å². The number of allylic oxidation sites excluding steroid dienone is 3. The van der Waals surface area contributed by atoms with Crippen LogP contribution in [0.5, 0.6) is 0 Å². The third-order valence-electron chi connectivity index (χ3n) is 2.99. The van der Waals surface area contributed by atoms with Crippen molar-refractivity contribution >= 4 is 5.91 Å². The van der Waals surface area contributed by atoms with E-state index in [4.69, 9.17) is 0 Å². The van der Waals surface area contributed by atoms with Gasteiger partial charge < -0.3 is 0 Å². The van der Waals surface area contributed by atoms with Crippen LogP contribution in [0.25, 0.3) is 0 Å². The molecule has 1 radical (unpaired) electrons. The summed E-state index contributed by atoms with van der Waals surface area (Å²) in [5.74, 6) is 0.460. The Morgan fingerprint density at radius 2 is 1.93 bits per heavy atom. The predicted molar refractivity (Wildman–Crippen MR) is 55.6 cm³/mol. The third kappa shape index (κ3) is 2.06. The van der Waals surface area contributed by atoms with Gasteiger partial charge in [0.2, 0.25) is 0 Å². The minimum atomic E-state index is -0.0782. The molecule has 0 spiro atoms. The average molecular weight is 190 g/mol. The van der Waals surface area contributed by atoms with Gasteiger partial charge in [0, 0.05) is 17.7 Å². The van der Waals surface area contributed by atoms with Gasteiger partial charge in [-0.05, 0) is 31.4 Å². The maximum absolute atomic E-state index is 11.2. The molecule has 0 aromatic heterocycles. The number of nitrogens with zero attached hydrogens (tertiary/aromatic N) is 1. The fraction of sp³-hybridized carbons (Fsp3) is 0.583. The Morgan fingerprint density at radius 1 is 1.21 bits per heavy atom. The molecule has 1 aliphatic carbocycles. The van der Waals surface area contributed by atoms with Crippen LogP contribution in [0, 0.1) is 5.92 Å². The molecule has 1 amide bonds. The van der Waals surface area contributed by atoms with Crippen molar-refractivity contribution in [3.8, 4) is 0 Å². The van der Waals surface area contributed by atoms with Gasteiger partial charge >= 0.3 is 0 Å². The fourth-order valence-corrected chi connectivity index (χ4v) is 2.27. The van der Waals surface area contributed by atoms with Gasteiger partial charge in [0.1, 0.15) is 0 Å². The molecule has 0 atom stereocenters. The smallest absolute Gasteiger partial charge is 0.267 e. The standard InChI is InChI=1S/C12H16NO/c1-9-7-11(13-12(14)8-9)10-5-3-2-4-6-10/h7-8,10H,2-6H2,1H3. The monoisotopic (exact) mass is 190 g/mol. The van der Waals surface area contributed by atoms with Crippen LogP contribution in [-0.4, -0.2) is 5.91 Å². The van der Waals surface area contributed by atoms with Crippen LogP contribution < -0.4 is 5.32 Å². The molecule has 1 saturated carbocycles. The molecular formula is C12H16NO. The molecule has 0 N–H and O–H groups in total. The average Bonchev–Trinajstić information content (AvgIpc) is 2.18. The molecule has 1 fully saturated rings. The fourth-order valence-electron chi connectivity index (χ4n) is 2.27. The molecule has 0 aromatic carbocycles. The van der Waals surface area contributed by atoms with Crippen molar-refractivity contribution < 1.29 is 4.79 Å². The summed E-state index contributed by atoms with van der Waals surface area (Å²) >= 11 is 0. The largest absolute Gasteiger partial charge is 0.270 e. The van der Waals surface area contributed by atoms with Crippen LogP contribution in [0.3, 0.4) is 0 Å². The van der Waals surface area contributed by atoms with E-state index in [2.05, 4.69) is 11.4 Å². The number of hydrogen-bond donors (Lipinski definition) is 0. The van der Waals surface area contributed by atoms with E-state index in [9.17, 15) is 4.79 Å². The molecule has 75 valence electrons. The predicted octanol–water partition coefficient (Wildman–Crippen LogP) is 2.54. The lowest BCUT2D eigenvalue weighted by atomic mass is 9.85. The number of carbonyl (C=O) groups excluding carboxylic acids is 1. The van der Waals surface area contributed by atoms with E-state index >= 15 is 0 Å². The van der Waals surface area contributed by atoms with E-state index in [1.165, 1.54) is 32.1 Å². The molecule has 1 heterocycles. The molecule has 0 unspecified atom stereocenters. The number of amides is 1. The first kappa shape index (κ1) is 9.50. The lowest BCUT2D eigenvalue weighted by Crippen LogP contribution is -2.23. The summed E-state index contributed by atoms with van der Waals surface area (Å²) in [6, 6.07) is 0. The second-order valence-corrected chi connectivity index (χ2v) is 4.24. The molecule has 2 aliphatic rings. The Bertz CT molecular complexity index is 295. The molecule has 2 nitrogen and oxygen atoms in total. The first-order chi connectivity index (χ1) is 6.75. The van der Waals surface area contributed by atoms with Gasteiger partial charge in [-0.15, -0.1) is 0 Å². The van der Waals surface area contributed by atoms with E-state index in [1.807, 2.05) is 6.92 Å². The van der Waals surface area contributed by atoms with Crippen molar-refractivity contribution in [2.45, 2.75) is 39.0 Å². The molecule has 0 saturated heterocycles. The van der Waals surface area contributed by atoms with E-state index in [-0.39, 0.29) is 5.91 Å². The lowest BCUT2D eigenvalue weighted by molar-refractivity contribution is -0.116. The Labute approximate surface area is 85.1 Å². The first-order valence-corrected chi connectivity index (χ1v) is 5.41. The van der Waals surface area contributed by atoms with Crippen LogP contribution in [-0.2, 0) is 4.79 Å². The van der Waals surface area contributed by atoms with Crippen LogP contribution in [0.2, 0.25) is 0 Å². The zero-order chi connectivity index (χ0) is 9.97. The summed E-state index contributed by atoms with van der Waals surface area (Å²) in [5.41, 5.74) is 2.07. The highest BCUT2D eigenvalue weighted by Crippen LogP contribution is 2.30. The maximum Gasteiger partial charge on any atom is 0.270 e. The number of carbonyl (C=O) groups is 1. The van der Waals surface area contributed by atoms with E-state index in [0.717, 1.165) is 11.3 Å². The lowest BCUT2D eigenvalue weighted by Gasteiger charge is -2.24. The third-order valence-corrected chi connectivity index (χ3v) is 2.99. The van der Waals surface area contributed by atoms with Crippen molar-refractivity contribution in [2.75, 3.05) is 0 Å². The minimum Gasteiger partial charge on any atom is -0.267 e. The second-order valence-electron chi connectivity index (χ2n) is 4.24. The molecular weight excluding hydrogens is 174 g/mol. The molecule has 14 heavy (non-hydrogen) atoms. The van der Waals surface area contributed by atoms with Crippen LogP contribution in [0.4, 0.5) is 0 Å². The maximum atomic E-state index is 11.2. The SMILES string of the molecule is CC1=CC(=O)[N]C(C2CCCCC2)=C1. The van der Waals surface area contributed by atoms with Gasteiger partial charge in [0.05, 0.1) is 0 Å². The highest BCUT2D eigenvalue weighted by Gasteiger charge is 2.22. The van der Waals surface area contributed by atoms with Gasteiger partial charge in [-0.3, -0.25) is 4.79 Å². The second kappa shape index (κ2) is 3.99. The van der Waals surface area contributed by atoms with Crippen molar-refractivity contribution in [1.82, 2.24) is 5.32 Å². The Hall–Kier alpha value is -1.05. The quantitative estimate of drug-likeness (QED) is 0.625. The Balaban J connectivity index is 2.09. The van der Waals surface area contributed by atoms with Crippen molar-refractivity contribution in [3.05, 3.63) is 23.4 Å². The van der Waals surface area contributed by atoms with E-state index in [1.54, 1.807) is 6.08 Å². The summed E-state index contributed by atoms with van der Waals surface area (Å²) in [5, 5.41) is 4.10. The molecule has 1 aliphatic heterocycles. The molecule has 0 bridgehead atoms. The van der Waals surface area contributed by atoms with Gasteiger partial charge in [-0.1, -0.05) is 19.3 Å². The topological polar surface area (TPSA) is 31.2 Å². The number of rotatable bonds is 1. The first-order valence-electron chi connectivity index (χ1n) is 5.41. The molecule has 0 aromatic rings. The van der Waals surface area contributed by atoms with Crippen molar-refractivity contribution in [2.24, 2.45) is 5.92 Å². The van der Waals surface area contributed by atoms with Crippen LogP contribution >= 0.6 is 0 Å². The van der Waals surface area contributed by atoms with Gasteiger partial charge in [-0.25, -0.2) is 5.32 Å². The van der Waals surface area contributed by atoms with Crippen molar-refractivity contribution in [1.29, 1.82) is 0 Å². The van der Waals surface area contributed by atoms with Gasteiger partial charge in [0.25, 0.3) is 5.91 Å².